The highest BCUT2D eigenvalue weighted by atomic mass is 35.5. The van der Waals surface area contributed by atoms with Crippen LogP contribution in [0.5, 0.6) is 0 Å². The number of carbonyl (C=O) groups is 2. The maximum absolute atomic E-state index is 13.9. The van der Waals surface area contributed by atoms with Crippen molar-refractivity contribution < 1.29 is 35.2 Å². The average molecular weight is 1410 g/mol. The Morgan fingerprint density at radius 2 is 0.933 bits per heavy atom. The Morgan fingerprint density at radius 3 is 1.31 bits per heavy atom. The standard InChI is InChI=1S/C31H30Cl3FN4O3S2.C25H21Cl3FN3O2S2.C6H12N2O/c1-31(2,21-6-12-25(32)27(34)15-21)28-17-36-30(39(28)23-9-7-22(35)8-10-23)43-18-20-5-11-24(16-26(20)33)44(41,42)19-29(40)37-38-13-3-4-14-38;1-25(2,16-4-10-20(26)22(28)11-16)23-13-31-24(32(23)18-7-5-17(29)6-8-18)35-14-15-3-9-19(12-21(15)27)36(30,33)34;1-6(9)7-8-4-2-3-5-8/h5-12,15-17H,3-4,13-14,18-19H2,1-2H3,(H,37,40);3-13H,14H2,1-2H3,(H2,30,33,34);2-5H2,1H3,(H,7,9). The molecule has 2 aliphatic rings. The summed E-state index contributed by atoms with van der Waals surface area (Å²) in [6.07, 6.45) is 7.89. The molecule has 0 aliphatic carbocycles. The summed E-state index contributed by atoms with van der Waals surface area (Å²) >= 11 is 40.6. The van der Waals surface area contributed by atoms with E-state index >= 15 is 0 Å². The molecule has 0 atom stereocenters. The number of imidazole rings is 2. The number of nitrogens with zero attached hydrogens (tertiary/aromatic N) is 6. The molecule has 2 aliphatic heterocycles. The molecular formula is C62H63Cl6F2N9O6S4. The summed E-state index contributed by atoms with van der Waals surface area (Å²) in [4.78, 5) is 32.1. The van der Waals surface area contributed by atoms with Crippen LogP contribution in [-0.4, -0.2) is 89.7 Å². The smallest absolute Gasteiger partial charge is 0.249 e. The first-order valence-electron chi connectivity index (χ1n) is 27.8. The summed E-state index contributed by atoms with van der Waals surface area (Å²) in [5.41, 5.74) is 10.7. The number of sulfone groups is 1. The average Bonchev–Trinajstić information content (AvgIpc) is 1.73. The number of hydrazine groups is 2. The molecule has 4 heterocycles. The predicted octanol–water partition coefficient (Wildman–Crippen LogP) is 14.9. The van der Waals surface area contributed by atoms with Gasteiger partial charge in [0.1, 0.15) is 17.4 Å². The molecular weight excluding hydrogens is 1350 g/mol. The molecule has 4 N–H and O–H groups in total. The third-order valence-electron chi connectivity index (χ3n) is 14.8. The largest absolute Gasteiger partial charge is 0.291 e. The van der Waals surface area contributed by atoms with Crippen LogP contribution < -0.4 is 16.0 Å². The summed E-state index contributed by atoms with van der Waals surface area (Å²) in [6.45, 7) is 13.1. The van der Waals surface area contributed by atoms with Gasteiger partial charge in [0.15, 0.2) is 20.2 Å². The molecule has 2 saturated heterocycles. The summed E-state index contributed by atoms with van der Waals surface area (Å²) in [7, 11) is -7.75. The van der Waals surface area contributed by atoms with E-state index in [0.29, 0.717) is 71.8 Å². The van der Waals surface area contributed by atoms with Crippen LogP contribution in [0.15, 0.2) is 154 Å². The quantitative estimate of drug-likeness (QED) is 0.0689. The number of halogens is 8. The zero-order valence-electron chi connectivity index (χ0n) is 48.8. The first kappa shape index (κ1) is 69.6. The highest BCUT2D eigenvalue weighted by Gasteiger charge is 2.32. The van der Waals surface area contributed by atoms with Gasteiger partial charge >= 0.3 is 0 Å². The lowest BCUT2D eigenvalue weighted by molar-refractivity contribution is -0.123. The molecule has 0 unspecified atom stereocenters. The minimum absolute atomic E-state index is 0.0219. The summed E-state index contributed by atoms with van der Waals surface area (Å²) < 4.78 is 80.6. The number of nitrogens with one attached hydrogen (secondary N) is 2. The lowest BCUT2D eigenvalue weighted by Crippen LogP contribution is -2.42. The van der Waals surface area contributed by atoms with Crippen molar-refractivity contribution in [2.45, 2.75) is 103 Å². The number of benzene rings is 6. The van der Waals surface area contributed by atoms with E-state index in [1.807, 2.05) is 66.1 Å². The molecule has 0 bridgehead atoms. The van der Waals surface area contributed by atoms with E-state index in [-0.39, 0.29) is 37.4 Å². The van der Waals surface area contributed by atoms with Crippen LogP contribution in [0.1, 0.15) is 93.9 Å². The number of carbonyl (C=O) groups excluding carboxylic acids is 2. The molecule has 472 valence electrons. The molecule has 0 radical (unpaired) electrons. The van der Waals surface area contributed by atoms with Crippen LogP contribution in [0.2, 0.25) is 30.1 Å². The van der Waals surface area contributed by atoms with Crippen molar-refractivity contribution >= 4 is 125 Å². The van der Waals surface area contributed by atoms with Crippen molar-refractivity contribution in [3.8, 4) is 11.4 Å². The number of rotatable bonds is 18. The Bertz CT molecular complexity index is 4090. The lowest BCUT2D eigenvalue weighted by atomic mass is 9.81. The molecule has 0 spiro atoms. The molecule has 6 aromatic carbocycles. The van der Waals surface area contributed by atoms with Crippen LogP contribution in [0.25, 0.3) is 11.4 Å². The highest BCUT2D eigenvalue weighted by Crippen LogP contribution is 2.41. The van der Waals surface area contributed by atoms with Gasteiger partial charge in [-0.3, -0.25) is 29.6 Å². The zero-order valence-corrected chi connectivity index (χ0v) is 56.6. The van der Waals surface area contributed by atoms with Gasteiger partial charge in [-0.15, -0.1) is 0 Å². The Kier molecular flexibility index (Phi) is 23.5. The molecule has 2 fully saturated rings. The maximum atomic E-state index is 13.9. The minimum Gasteiger partial charge on any atom is -0.291 e. The van der Waals surface area contributed by atoms with Gasteiger partial charge in [0.05, 0.1) is 53.7 Å². The molecule has 0 saturated carbocycles. The first-order valence-corrected chi connectivity index (χ1v) is 35.2. The van der Waals surface area contributed by atoms with Crippen LogP contribution in [0.4, 0.5) is 8.78 Å². The van der Waals surface area contributed by atoms with Gasteiger partial charge in [0, 0.05) is 76.9 Å². The van der Waals surface area contributed by atoms with Crippen LogP contribution in [-0.2, 0) is 51.8 Å². The van der Waals surface area contributed by atoms with Crippen molar-refractivity contribution in [1.29, 1.82) is 0 Å². The van der Waals surface area contributed by atoms with E-state index in [1.54, 1.807) is 72.9 Å². The van der Waals surface area contributed by atoms with Gasteiger partial charge in [0.25, 0.3) is 0 Å². The lowest BCUT2D eigenvalue weighted by Gasteiger charge is -2.28. The zero-order chi connectivity index (χ0) is 64.6. The Hall–Kier alpha value is -5.24. The predicted molar refractivity (Wildman–Crippen MR) is 353 cm³/mol. The number of primary sulfonamides is 1. The van der Waals surface area contributed by atoms with Gasteiger partial charge in [-0.2, -0.15) is 0 Å². The minimum atomic E-state index is -3.89. The summed E-state index contributed by atoms with van der Waals surface area (Å²) in [5, 5.41) is 12.5. The second-order valence-corrected chi connectivity index (χ2v) is 29.8. The number of sulfonamides is 1. The third-order valence-corrected chi connectivity index (χ3v) is 21.5. The van der Waals surface area contributed by atoms with Gasteiger partial charge in [-0.1, -0.05) is 145 Å². The molecule has 27 heteroatoms. The second kappa shape index (κ2) is 30.0. The Morgan fingerprint density at radius 1 is 0.539 bits per heavy atom. The molecule has 15 nitrogen and oxygen atoms in total. The highest BCUT2D eigenvalue weighted by molar-refractivity contribution is 7.98. The van der Waals surface area contributed by atoms with E-state index in [2.05, 4.69) is 15.8 Å². The topological polar surface area (TPSA) is 195 Å². The van der Waals surface area contributed by atoms with Gasteiger partial charge in [-0.05, 0) is 145 Å². The SMILES string of the molecule is CC(=O)NN1CCCC1.CC(C)(c1ccc(Cl)c(Cl)c1)c1cnc(SCc2ccc(S(=O)(=O)CC(=O)NN3CCCC3)cc2Cl)n1-c1ccc(F)cc1.CC(C)(c1ccc(Cl)c(Cl)c1)c1cnc(SCc2ccc(S(N)(=O)=O)cc2Cl)n1-c1ccc(F)cc1. The number of amides is 2. The van der Waals surface area contributed by atoms with E-state index in [1.165, 1.54) is 84.9 Å². The fourth-order valence-corrected chi connectivity index (χ4v) is 14.9. The molecule has 2 aromatic heterocycles. The van der Waals surface area contributed by atoms with Crippen molar-refractivity contribution in [1.82, 2.24) is 40.0 Å². The number of nitrogens with two attached hydrogens (primary N) is 1. The maximum Gasteiger partial charge on any atom is 0.249 e. The number of hydrogen-bond donors (Lipinski definition) is 3. The molecule has 89 heavy (non-hydrogen) atoms. The van der Waals surface area contributed by atoms with Gasteiger partial charge in [-0.25, -0.2) is 50.7 Å². The normalized spacial score (nSPS) is 14.0. The van der Waals surface area contributed by atoms with Crippen LogP contribution in [0.3, 0.4) is 0 Å². The van der Waals surface area contributed by atoms with E-state index < -0.39 is 42.4 Å². The first-order chi connectivity index (χ1) is 42.0. The van der Waals surface area contributed by atoms with Gasteiger partial charge < -0.3 is 0 Å². The summed E-state index contributed by atoms with van der Waals surface area (Å²) in [6, 6.07) is 32.1. The van der Waals surface area contributed by atoms with Crippen molar-refractivity contribution in [2.24, 2.45) is 5.14 Å². The summed E-state index contributed by atoms with van der Waals surface area (Å²) in [5.74, 6) is -1.12. The van der Waals surface area contributed by atoms with E-state index in [0.717, 1.165) is 54.1 Å². The van der Waals surface area contributed by atoms with Crippen LogP contribution in [0, 0.1) is 11.6 Å². The van der Waals surface area contributed by atoms with Gasteiger partial charge in [0.2, 0.25) is 21.8 Å². The fraction of sp³-hybridized carbons (Fsp3) is 0.290. The molecule has 8 aromatic rings. The van der Waals surface area contributed by atoms with Crippen molar-refractivity contribution in [3.63, 3.8) is 0 Å². The monoisotopic (exact) mass is 1410 g/mol. The Labute approximate surface area is 555 Å². The molecule has 2 amide bonds. The third kappa shape index (κ3) is 17.9. The van der Waals surface area contributed by atoms with Crippen molar-refractivity contribution in [2.75, 3.05) is 31.9 Å². The fourth-order valence-electron chi connectivity index (χ4n) is 9.79. The number of thioether (sulfide) groups is 2. The van der Waals surface area contributed by atoms with E-state index in [4.69, 9.17) is 79.7 Å². The van der Waals surface area contributed by atoms with E-state index in [9.17, 15) is 35.2 Å². The Balaban J connectivity index is 0.000000204. The molecule has 10 rings (SSSR count). The van der Waals surface area contributed by atoms with Crippen LogP contribution >= 0.6 is 93.1 Å². The number of aromatic nitrogens is 4. The number of hydrogen-bond acceptors (Lipinski definition) is 12. The second-order valence-electron chi connectivity index (χ2n) is 22.0. The van der Waals surface area contributed by atoms with Crippen molar-refractivity contribution in [3.05, 3.63) is 209 Å².